The zero-order chi connectivity index (χ0) is 13.7. The van der Waals surface area contributed by atoms with Gasteiger partial charge < -0.3 is 5.32 Å². The maximum Gasteiger partial charge on any atom is 0.0249 e. The Morgan fingerprint density at radius 3 is 2.58 bits per heavy atom. The second kappa shape index (κ2) is 7.64. The molecule has 2 aliphatic rings. The van der Waals surface area contributed by atoms with Gasteiger partial charge in [0.15, 0.2) is 0 Å². The van der Waals surface area contributed by atoms with Crippen LogP contribution in [-0.4, -0.2) is 36.6 Å². The van der Waals surface area contributed by atoms with E-state index < -0.39 is 0 Å². The van der Waals surface area contributed by atoms with E-state index in [1.165, 1.54) is 64.3 Å². The minimum atomic E-state index is 0.746. The minimum Gasteiger partial charge on any atom is -0.312 e. The fourth-order valence-electron chi connectivity index (χ4n) is 4.21. The van der Waals surface area contributed by atoms with Gasteiger partial charge >= 0.3 is 0 Å². The Labute approximate surface area is 120 Å². The lowest BCUT2D eigenvalue weighted by Crippen LogP contribution is -2.54. The molecule has 2 fully saturated rings. The van der Waals surface area contributed by atoms with Gasteiger partial charge in [-0.05, 0) is 51.6 Å². The van der Waals surface area contributed by atoms with Crippen molar-refractivity contribution < 1.29 is 0 Å². The van der Waals surface area contributed by atoms with Crippen LogP contribution >= 0.6 is 0 Å². The molecule has 0 amide bonds. The Morgan fingerprint density at radius 1 is 1.05 bits per heavy atom. The molecule has 0 aromatic carbocycles. The predicted octanol–water partition coefficient (Wildman–Crippen LogP) is 3.81. The molecule has 0 bridgehead atoms. The van der Waals surface area contributed by atoms with Gasteiger partial charge in [0.1, 0.15) is 0 Å². The summed E-state index contributed by atoms with van der Waals surface area (Å²) in [5, 5.41) is 3.81. The zero-order valence-electron chi connectivity index (χ0n) is 13.3. The van der Waals surface area contributed by atoms with E-state index in [2.05, 4.69) is 31.1 Å². The van der Waals surface area contributed by atoms with Crippen molar-refractivity contribution in [2.45, 2.75) is 89.8 Å². The molecule has 19 heavy (non-hydrogen) atoms. The van der Waals surface area contributed by atoms with Gasteiger partial charge in [0.05, 0.1) is 0 Å². The Morgan fingerprint density at radius 2 is 1.84 bits per heavy atom. The molecule has 112 valence electrons. The SMILES string of the molecule is CCCNC1CCCCC1N(C)C1CCCC(C)C1. The van der Waals surface area contributed by atoms with Crippen molar-refractivity contribution >= 4 is 0 Å². The number of nitrogens with zero attached hydrogens (tertiary/aromatic N) is 1. The average Bonchev–Trinajstić information content (AvgIpc) is 2.44. The van der Waals surface area contributed by atoms with E-state index in [-0.39, 0.29) is 0 Å². The number of hydrogen-bond acceptors (Lipinski definition) is 2. The van der Waals surface area contributed by atoms with Crippen LogP contribution in [0.15, 0.2) is 0 Å². The summed E-state index contributed by atoms with van der Waals surface area (Å²) in [6.45, 7) is 5.90. The monoisotopic (exact) mass is 266 g/mol. The number of likely N-dealkylation sites (N-methyl/N-ethyl adjacent to an activating group) is 1. The van der Waals surface area contributed by atoms with E-state index in [1.807, 2.05) is 0 Å². The van der Waals surface area contributed by atoms with Gasteiger partial charge in [0.25, 0.3) is 0 Å². The molecule has 0 saturated heterocycles. The van der Waals surface area contributed by atoms with Crippen molar-refractivity contribution in [2.75, 3.05) is 13.6 Å². The van der Waals surface area contributed by atoms with Gasteiger partial charge in [-0.25, -0.2) is 0 Å². The summed E-state index contributed by atoms with van der Waals surface area (Å²) in [6.07, 6.45) is 12.6. The highest BCUT2D eigenvalue weighted by atomic mass is 15.2. The van der Waals surface area contributed by atoms with Crippen molar-refractivity contribution in [1.29, 1.82) is 0 Å². The van der Waals surface area contributed by atoms with Crippen LogP contribution in [0.25, 0.3) is 0 Å². The van der Waals surface area contributed by atoms with Crippen LogP contribution < -0.4 is 5.32 Å². The van der Waals surface area contributed by atoms with E-state index in [0.29, 0.717) is 0 Å². The zero-order valence-corrected chi connectivity index (χ0v) is 13.3. The van der Waals surface area contributed by atoms with Gasteiger partial charge in [-0.15, -0.1) is 0 Å². The summed E-state index contributed by atoms with van der Waals surface area (Å²) in [4.78, 5) is 2.75. The summed E-state index contributed by atoms with van der Waals surface area (Å²) in [5.74, 6) is 0.937. The quantitative estimate of drug-likeness (QED) is 0.814. The van der Waals surface area contributed by atoms with E-state index >= 15 is 0 Å². The Balaban J connectivity index is 1.92. The first-order valence-electron chi connectivity index (χ1n) is 8.67. The summed E-state index contributed by atoms with van der Waals surface area (Å²) in [6, 6.07) is 2.38. The third kappa shape index (κ3) is 4.19. The van der Waals surface area contributed by atoms with Gasteiger partial charge in [0.2, 0.25) is 0 Å². The topological polar surface area (TPSA) is 15.3 Å². The smallest absolute Gasteiger partial charge is 0.0249 e. The Bertz CT molecular complexity index is 254. The highest BCUT2D eigenvalue weighted by Gasteiger charge is 2.32. The first-order valence-corrected chi connectivity index (χ1v) is 8.67. The standard InChI is InChI=1S/C17H34N2/c1-4-12-18-16-10-5-6-11-17(16)19(3)15-9-7-8-14(2)13-15/h14-18H,4-13H2,1-3H3. The summed E-state index contributed by atoms with van der Waals surface area (Å²) in [5.41, 5.74) is 0. The number of nitrogens with one attached hydrogen (secondary N) is 1. The molecular weight excluding hydrogens is 232 g/mol. The second-order valence-corrected chi connectivity index (χ2v) is 7.00. The largest absolute Gasteiger partial charge is 0.312 e. The van der Waals surface area contributed by atoms with Crippen LogP contribution in [0.5, 0.6) is 0 Å². The molecule has 4 unspecified atom stereocenters. The first-order chi connectivity index (χ1) is 9.22. The third-order valence-corrected chi connectivity index (χ3v) is 5.39. The molecule has 0 heterocycles. The average molecular weight is 266 g/mol. The molecule has 2 nitrogen and oxygen atoms in total. The van der Waals surface area contributed by atoms with Crippen molar-refractivity contribution in [3.05, 3.63) is 0 Å². The van der Waals surface area contributed by atoms with Crippen LogP contribution in [-0.2, 0) is 0 Å². The molecule has 0 aromatic rings. The fourth-order valence-corrected chi connectivity index (χ4v) is 4.21. The van der Waals surface area contributed by atoms with Crippen molar-refractivity contribution in [3.8, 4) is 0 Å². The van der Waals surface area contributed by atoms with E-state index in [4.69, 9.17) is 0 Å². The van der Waals surface area contributed by atoms with E-state index in [1.54, 1.807) is 0 Å². The van der Waals surface area contributed by atoms with Crippen LogP contribution in [0, 0.1) is 5.92 Å². The predicted molar refractivity (Wildman–Crippen MR) is 83.5 cm³/mol. The fraction of sp³-hybridized carbons (Fsp3) is 1.00. The van der Waals surface area contributed by atoms with Crippen molar-refractivity contribution in [1.82, 2.24) is 10.2 Å². The molecule has 2 saturated carbocycles. The molecule has 2 rings (SSSR count). The minimum absolute atomic E-state index is 0.746. The highest BCUT2D eigenvalue weighted by Crippen LogP contribution is 2.31. The lowest BCUT2D eigenvalue weighted by Gasteiger charge is -2.44. The molecule has 0 aliphatic heterocycles. The Hall–Kier alpha value is -0.0800. The highest BCUT2D eigenvalue weighted by molar-refractivity contribution is 4.91. The van der Waals surface area contributed by atoms with Gasteiger partial charge in [-0.1, -0.05) is 39.5 Å². The van der Waals surface area contributed by atoms with Gasteiger partial charge in [0, 0.05) is 18.1 Å². The molecule has 0 spiro atoms. The van der Waals surface area contributed by atoms with E-state index in [0.717, 1.165) is 24.0 Å². The molecule has 1 N–H and O–H groups in total. The summed E-state index contributed by atoms with van der Waals surface area (Å²) < 4.78 is 0. The lowest BCUT2D eigenvalue weighted by atomic mass is 9.83. The molecule has 0 aromatic heterocycles. The van der Waals surface area contributed by atoms with Crippen molar-refractivity contribution in [3.63, 3.8) is 0 Å². The normalized spacial score (nSPS) is 36.6. The maximum absolute atomic E-state index is 3.81. The van der Waals surface area contributed by atoms with Crippen LogP contribution in [0.4, 0.5) is 0 Å². The molecule has 4 atom stereocenters. The first kappa shape index (κ1) is 15.3. The molecule has 2 heteroatoms. The number of rotatable bonds is 5. The molecular formula is C17H34N2. The van der Waals surface area contributed by atoms with Gasteiger partial charge in [-0.3, -0.25) is 4.90 Å². The van der Waals surface area contributed by atoms with Crippen LogP contribution in [0.3, 0.4) is 0 Å². The third-order valence-electron chi connectivity index (χ3n) is 5.39. The maximum atomic E-state index is 3.81. The van der Waals surface area contributed by atoms with E-state index in [9.17, 15) is 0 Å². The molecule has 2 aliphatic carbocycles. The summed E-state index contributed by atoms with van der Waals surface area (Å²) >= 11 is 0. The van der Waals surface area contributed by atoms with Crippen molar-refractivity contribution in [2.24, 2.45) is 5.92 Å². The van der Waals surface area contributed by atoms with Crippen LogP contribution in [0.1, 0.15) is 71.6 Å². The number of hydrogen-bond donors (Lipinski definition) is 1. The lowest BCUT2D eigenvalue weighted by molar-refractivity contribution is 0.0744. The summed E-state index contributed by atoms with van der Waals surface area (Å²) in [7, 11) is 2.40. The van der Waals surface area contributed by atoms with Crippen LogP contribution in [0.2, 0.25) is 0 Å². The van der Waals surface area contributed by atoms with Gasteiger partial charge in [-0.2, -0.15) is 0 Å². The second-order valence-electron chi connectivity index (χ2n) is 7.00. The Kier molecular flexibility index (Phi) is 6.15. The molecule has 0 radical (unpaired) electrons.